The summed E-state index contributed by atoms with van der Waals surface area (Å²) in [6.07, 6.45) is 1.72. The first-order valence-corrected chi connectivity index (χ1v) is 4.94. The van der Waals surface area contributed by atoms with Crippen molar-refractivity contribution in [1.29, 1.82) is 0 Å². The van der Waals surface area contributed by atoms with E-state index in [4.69, 9.17) is 4.42 Å². The van der Waals surface area contributed by atoms with Crippen molar-refractivity contribution in [2.45, 2.75) is 6.54 Å². The van der Waals surface area contributed by atoms with Crippen LogP contribution in [0, 0.1) is 0 Å². The summed E-state index contributed by atoms with van der Waals surface area (Å²) in [6.45, 7) is 5.05. The molecule has 2 N–H and O–H groups in total. The van der Waals surface area contributed by atoms with E-state index in [2.05, 4.69) is 20.5 Å². The van der Waals surface area contributed by atoms with Crippen molar-refractivity contribution >= 4 is 5.88 Å². The van der Waals surface area contributed by atoms with Gasteiger partial charge in [-0.3, -0.25) is 4.90 Å². The van der Waals surface area contributed by atoms with Crippen LogP contribution in [0.25, 0.3) is 0 Å². The minimum Gasteiger partial charge on any atom is -0.424 e. The molecule has 0 spiro atoms. The van der Waals surface area contributed by atoms with Crippen LogP contribution in [0.4, 0.5) is 5.88 Å². The second-order valence-electron chi connectivity index (χ2n) is 3.39. The molecule has 14 heavy (non-hydrogen) atoms. The van der Waals surface area contributed by atoms with Gasteiger partial charge in [0.15, 0.2) is 0 Å². The zero-order chi connectivity index (χ0) is 9.80. The summed E-state index contributed by atoms with van der Waals surface area (Å²) in [6, 6.07) is 0. The van der Waals surface area contributed by atoms with Crippen LogP contribution in [0.5, 0.6) is 0 Å². The van der Waals surface area contributed by atoms with E-state index in [0.717, 1.165) is 44.5 Å². The van der Waals surface area contributed by atoms with E-state index in [0.29, 0.717) is 0 Å². The number of piperazine rings is 1. The SMILES string of the molecule is CNc1cnc(CN2CCNCC2)o1. The van der Waals surface area contributed by atoms with Gasteiger partial charge in [-0.2, -0.15) is 0 Å². The van der Waals surface area contributed by atoms with Crippen LogP contribution in [-0.2, 0) is 6.54 Å². The maximum absolute atomic E-state index is 5.45. The molecule has 0 bridgehead atoms. The first kappa shape index (κ1) is 9.48. The maximum Gasteiger partial charge on any atom is 0.213 e. The molecule has 1 fully saturated rings. The van der Waals surface area contributed by atoms with Crippen LogP contribution in [0.2, 0.25) is 0 Å². The van der Waals surface area contributed by atoms with E-state index in [1.54, 1.807) is 6.20 Å². The van der Waals surface area contributed by atoms with Gasteiger partial charge in [-0.15, -0.1) is 0 Å². The summed E-state index contributed by atoms with van der Waals surface area (Å²) >= 11 is 0. The average Bonchev–Trinajstić information content (AvgIpc) is 2.67. The predicted octanol–water partition coefficient (Wildman–Crippen LogP) is 0.121. The lowest BCUT2D eigenvalue weighted by Crippen LogP contribution is -2.42. The number of rotatable bonds is 3. The zero-order valence-corrected chi connectivity index (χ0v) is 8.42. The number of hydrogen-bond donors (Lipinski definition) is 2. The molecular weight excluding hydrogens is 180 g/mol. The quantitative estimate of drug-likeness (QED) is 0.719. The van der Waals surface area contributed by atoms with Gasteiger partial charge < -0.3 is 15.1 Å². The van der Waals surface area contributed by atoms with E-state index >= 15 is 0 Å². The summed E-state index contributed by atoms with van der Waals surface area (Å²) in [5.74, 6) is 1.52. The lowest BCUT2D eigenvalue weighted by atomic mass is 10.3. The highest BCUT2D eigenvalue weighted by Crippen LogP contribution is 2.10. The minimum atomic E-state index is 0.732. The van der Waals surface area contributed by atoms with Crippen LogP contribution < -0.4 is 10.6 Å². The number of oxazole rings is 1. The Kier molecular flexibility index (Phi) is 3.00. The molecule has 5 nitrogen and oxygen atoms in total. The molecule has 1 aromatic rings. The van der Waals surface area contributed by atoms with Crippen molar-refractivity contribution in [2.24, 2.45) is 0 Å². The van der Waals surface area contributed by atoms with Crippen molar-refractivity contribution < 1.29 is 4.42 Å². The van der Waals surface area contributed by atoms with Gasteiger partial charge in [0.1, 0.15) is 0 Å². The van der Waals surface area contributed by atoms with E-state index in [1.165, 1.54) is 0 Å². The molecular formula is C9H16N4O. The third-order valence-electron chi connectivity index (χ3n) is 2.37. The van der Waals surface area contributed by atoms with Crippen LogP contribution in [0.1, 0.15) is 5.89 Å². The van der Waals surface area contributed by atoms with Crippen LogP contribution in [0.3, 0.4) is 0 Å². The molecule has 0 atom stereocenters. The molecule has 0 aliphatic carbocycles. The van der Waals surface area contributed by atoms with Crippen molar-refractivity contribution in [3.63, 3.8) is 0 Å². The number of aromatic nitrogens is 1. The van der Waals surface area contributed by atoms with Crippen LogP contribution in [0.15, 0.2) is 10.6 Å². The molecule has 1 aromatic heterocycles. The molecule has 0 unspecified atom stereocenters. The van der Waals surface area contributed by atoms with Gasteiger partial charge >= 0.3 is 0 Å². The fourth-order valence-corrected chi connectivity index (χ4v) is 1.56. The first-order chi connectivity index (χ1) is 6.88. The van der Waals surface area contributed by atoms with E-state index < -0.39 is 0 Å². The third-order valence-corrected chi connectivity index (χ3v) is 2.37. The van der Waals surface area contributed by atoms with Crippen molar-refractivity contribution in [3.8, 4) is 0 Å². The second-order valence-corrected chi connectivity index (χ2v) is 3.39. The van der Waals surface area contributed by atoms with Crippen molar-refractivity contribution in [2.75, 3.05) is 38.5 Å². The topological polar surface area (TPSA) is 53.3 Å². The molecule has 2 heterocycles. The normalized spacial score (nSPS) is 18.4. The lowest BCUT2D eigenvalue weighted by Gasteiger charge is -2.25. The van der Waals surface area contributed by atoms with Crippen molar-refractivity contribution in [1.82, 2.24) is 15.2 Å². The van der Waals surface area contributed by atoms with E-state index in [-0.39, 0.29) is 0 Å². The fraction of sp³-hybridized carbons (Fsp3) is 0.667. The average molecular weight is 196 g/mol. The standard InChI is InChI=1S/C9H16N4O/c1-10-8-6-12-9(14-8)7-13-4-2-11-3-5-13/h6,10-11H,2-5,7H2,1H3. The van der Waals surface area contributed by atoms with Crippen molar-refractivity contribution in [3.05, 3.63) is 12.1 Å². The van der Waals surface area contributed by atoms with Gasteiger partial charge in [0.05, 0.1) is 12.7 Å². The van der Waals surface area contributed by atoms with E-state index in [1.807, 2.05) is 7.05 Å². The summed E-state index contributed by atoms with van der Waals surface area (Å²) in [4.78, 5) is 6.52. The molecule has 0 saturated carbocycles. The summed E-state index contributed by atoms with van der Waals surface area (Å²) in [7, 11) is 1.83. The highest BCUT2D eigenvalue weighted by Gasteiger charge is 2.12. The van der Waals surface area contributed by atoms with Gasteiger partial charge in [-0.25, -0.2) is 4.98 Å². The molecule has 0 aromatic carbocycles. The number of anilines is 1. The number of hydrogen-bond acceptors (Lipinski definition) is 5. The van der Waals surface area contributed by atoms with Crippen LogP contribution >= 0.6 is 0 Å². The molecule has 1 saturated heterocycles. The van der Waals surface area contributed by atoms with Gasteiger partial charge in [-0.05, 0) is 0 Å². The molecule has 1 aliphatic rings. The van der Waals surface area contributed by atoms with Gasteiger partial charge in [0.25, 0.3) is 0 Å². The third kappa shape index (κ3) is 2.24. The highest BCUT2D eigenvalue weighted by atomic mass is 16.4. The lowest BCUT2D eigenvalue weighted by molar-refractivity contribution is 0.213. The molecule has 5 heteroatoms. The van der Waals surface area contributed by atoms with Gasteiger partial charge in [-0.1, -0.05) is 0 Å². The summed E-state index contributed by atoms with van der Waals surface area (Å²) < 4.78 is 5.45. The van der Waals surface area contributed by atoms with Gasteiger partial charge in [0.2, 0.25) is 11.8 Å². The Morgan fingerprint density at radius 1 is 1.57 bits per heavy atom. The van der Waals surface area contributed by atoms with Crippen LogP contribution in [-0.4, -0.2) is 43.1 Å². The summed E-state index contributed by atoms with van der Waals surface area (Å²) in [5, 5.41) is 6.24. The Morgan fingerprint density at radius 3 is 3.00 bits per heavy atom. The highest BCUT2D eigenvalue weighted by molar-refractivity contribution is 5.25. The minimum absolute atomic E-state index is 0.732. The zero-order valence-electron chi connectivity index (χ0n) is 8.42. The first-order valence-electron chi connectivity index (χ1n) is 4.94. The molecule has 0 amide bonds. The Labute approximate surface area is 83.5 Å². The Morgan fingerprint density at radius 2 is 2.36 bits per heavy atom. The second kappa shape index (κ2) is 4.43. The van der Waals surface area contributed by atoms with E-state index in [9.17, 15) is 0 Å². The molecule has 1 aliphatic heterocycles. The molecule has 2 rings (SSSR count). The monoisotopic (exact) mass is 196 g/mol. The fourth-order valence-electron chi connectivity index (χ4n) is 1.56. The number of nitrogens with zero attached hydrogens (tertiary/aromatic N) is 2. The molecule has 0 radical (unpaired) electrons. The Hall–Kier alpha value is -1.07. The predicted molar refractivity (Wildman–Crippen MR) is 54.2 cm³/mol. The largest absolute Gasteiger partial charge is 0.424 e. The number of nitrogens with one attached hydrogen (secondary N) is 2. The Balaban J connectivity index is 1.89. The Bertz CT molecular complexity index is 280. The summed E-state index contributed by atoms with van der Waals surface area (Å²) in [5.41, 5.74) is 0. The molecule has 78 valence electrons. The maximum atomic E-state index is 5.45. The smallest absolute Gasteiger partial charge is 0.213 e. The van der Waals surface area contributed by atoms with Gasteiger partial charge in [0, 0.05) is 33.2 Å².